The minimum absolute atomic E-state index is 0.00306. The lowest BCUT2D eigenvalue weighted by Gasteiger charge is -2.23. The molecule has 11 nitrogen and oxygen atoms in total. The van der Waals surface area contributed by atoms with Gasteiger partial charge in [-0.1, -0.05) is 64.7 Å². The van der Waals surface area contributed by atoms with Crippen molar-refractivity contribution in [1.29, 1.82) is 0 Å². The first-order chi connectivity index (χ1) is 16.1. The molecule has 0 fully saturated rings. The molecule has 6 N–H and O–H groups in total. The summed E-state index contributed by atoms with van der Waals surface area (Å²) in [6.45, 7) is 6.14. The van der Waals surface area contributed by atoms with Gasteiger partial charge in [0.15, 0.2) is 5.03 Å². The number of hydrogen-bond acceptors (Lipinski definition) is 7. The SMILES string of the molecule is CCCCCCCCCC(=O)C[C@@H](CCCN=C(N)N[N+](=O)[O-])C(=O)N[C@@H](CC(C)C)B(O)O. The average molecular weight is 485 g/mol. The minimum Gasteiger partial charge on any atom is -0.426 e. The van der Waals surface area contributed by atoms with E-state index >= 15 is 0 Å². The van der Waals surface area contributed by atoms with Crippen molar-refractivity contribution in [2.24, 2.45) is 22.6 Å². The Hall–Kier alpha value is -2.21. The van der Waals surface area contributed by atoms with Gasteiger partial charge < -0.3 is 21.1 Å². The van der Waals surface area contributed by atoms with Crippen LogP contribution in [0, 0.1) is 22.0 Å². The van der Waals surface area contributed by atoms with Crippen LogP contribution in [0.3, 0.4) is 0 Å². The molecule has 0 radical (unpaired) electrons. The Kier molecular flexibility index (Phi) is 17.9. The van der Waals surface area contributed by atoms with Gasteiger partial charge in [0.2, 0.25) is 5.91 Å². The van der Waals surface area contributed by atoms with Gasteiger partial charge in [-0.2, -0.15) is 0 Å². The fraction of sp³-hybridized carbons (Fsp3) is 0.864. The van der Waals surface area contributed by atoms with Crippen molar-refractivity contribution in [3.63, 3.8) is 0 Å². The number of hydrazine groups is 1. The van der Waals surface area contributed by atoms with E-state index in [4.69, 9.17) is 5.73 Å². The molecule has 1 amide bonds. The van der Waals surface area contributed by atoms with Gasteiger partial charge in [0.25, 0.3) is 5.96 Å². The molecule has 0 aliphatic heterocycles. The number of carbonyl (C=O) groups is 2. The standard InChI is InChI=1S/C22H44BN5O6/c1-4-5-6-7-8-9-10-13-19(29)16-18(12-11-14-25-22(24)27-28(33)34)21(30)26-20(23(31)32)15-17(2)3/h17-18,20,31-32H,4-16H2,1-3H3,(H,26,30)(H3,24,25,27)/t18-,20+/m1/s1. The molecular weight excluding hydrogens is 441 g/mol. The number of nitrogens with zero attached hydrogens (tertiary/aromatic N) is 2. The number of carbonyl (C=O) groups excluding carboxylic acids is 2. The molecule has 0 bridgehead atoms. The van der Waals surface area contributed by atoms with E-state index in [1.54, 1.807) is 5.43 Å². The number of ketones is 1. The monoisotopic (exact) mass is 485 g/mol. The third-order valence-electron chi connectivity index (χ3n) is 5.52. The summed E-state index contributed by atoms with van der Waals surface area (Å²) >= 11 is 0. The molecule has 0 aliphatic carbocycles. The number of amides is 1. The van der Waals surface area contributed by atoms with Gasteiger partial charge in [-0.25, -0.2) is 15.1 Å². The molecule has 0 aliphatic rings. The van der Waals surface area contributed by atoms with Crippen LogP contribution in [-0.2, 0) is 9.59 Å². The molecule has 0 heterocycles. The van der Waals surface area contributed by atoms with Crippen molar-refractivity contribution in [1.82, 2.24) is 10.7 Å². The van der Waals surface area contributed by atoms with Crippen molar-refractivity contribution in [2.45, 2.75) is 104 Å². The largest absolute Gasteiger partial charge is 0.475 e. The highest BCUT2D eigenvalue weighted by Crippen LogP contribution is 2.17. The Bertz CT molecular complexity index is 633. The van der Waals surface area contributed by atoms with E-state index in [9.17, 15) is 29.8 Å². The van der Waals surface area contributed by atoms with E-state index in [-0.39, 0.29) is 30.6 Å². The molecule has 0 aromatic rings. The quantitative estimate of drug-likeness (QED) is 0.0434. The topological polar surface area (TPSA) is 180 Å². The van der Waals surface area contributed by atoms with E-state index in [2.05, 4.69) is 17.2 Å². The normalized spacial score (nSPS) is 13.4. The predicted octanol–water partition coefficient (Wildman–Crippen LogP) is 2.12. The summed E-state index contributed by atoms with van der Waals surface area (Å²) in [4.78, 5) is 39.6. The van der Waals surface area contributed by atoms with Gasteiger partial charge in [-0.3, -0.25) is 9.59 Å². The lowest BCUT2D eigenvalue weighted by Crippen LogP contribution is -2.49. The summed E-state index contributed by atoms with van der Waals surface area (Å²) in [6.07, 6.45) is 9.24. The van der Waals surface area contributed by atoms with Crippen LogP contribution >= 0.6 is 0 Å². The predicted molar refractivity (Wildman–Crippen MR) is 133 cm³/mol. The number of hydrogen-bond donors (Lipinski definition) is 5. The summed E-state index contributed by atoms with van der Waals surface area (Å²) in [5.74, 6) is -2.09. The smallest absolute Gasteiger partial charge is 0.426 e. The molecule has 0 unspecified atom stereocenters. The van der Waals surface area contributed by atoms with Crippen molar-refractivity contribution >= 4 is 24.8 Å². The van der Waals surface area contributed by atoms with Gasteiger partial charge >= 0.3 is 7.12 Å². The molecule has 0 aromatic carbocycles. The first-order valence-electron chi connectivity index (χ1n) is 12.5. The molecular formula is C22H44BN5O6. The van der Waals surface area contributed by atoms with Gasteiger partial charge in [0.1, 0.15) is 5.78 Å². The third-order valence-corrected chi connectivity index (χ3v) is 5.52. The average Bonchev–Trinajstić information content (AvgIpc) is 2.73. The molecule has 196 valence electrons. The lowest BCUT2D eigenvalue weighted by molar-refractivity contribution is -0.525. The minimum atomic E-state index is -1.70. The van der Waals surface area contributed by atoms with E-state index in [0.717, 1.165) is 19.3 Å². The summed E-state index contributed by atoms with van der Waals surface area (Å²) in [6, 6.07) is 0. The lowest BCUT2D eigenvalue weighted by atomic mass is 9.74. The number of nitrogens with two attached hydrogens (primary N) is 1. The van der Waals surface area contributed by atoms with E-state index in [1.807, 2.05) is 13.8 Å². The highest BCUT2D eigenvalue weighted by molar-refractivity contribution is 6.43. The first-order valence-corrected chi connectivity index (χ1v) is 12.5. The van der Waals surface area contributed by atoms with Crippen LogP contribution in [0.1, 0.15) is 97.8 Å². The second kappa shape index (κ2) is 19.1. The molecule has 0 aromatic heterocycles. The highest BCUT2D eigenvalue weighted by atomic mass is 16.7. The zero-order valence-electron chi connectivity index (χ0n) is 21.0. The number of rotatable bonds is 20. The Labute approximate surface area is 203 Å². The fourth-order valence-electron chi connectivity index (χ4n) is 3.71. The molecule has 2 atom stereocenters. The molecule has 0 rings (SSSR count). The van der Waals surface area contributed by atoms with Crippen molar-refractivity contribution in [3.8, 4) is 0 Å². The van der Waals surface area contributed by atoms with Crippen LogP contribution in [0.4, 0.5) is 0 Å². The number of nitrogens with one attached hydrogen (secondary N) is 2. The molecule has 34 heavy (non-hydrogen) atoms. The second-order valence-corrected chi connectivity index (χ2v) is 9.25. The van der Waals surface area contributed by atoms with Crippen molar-refractivity contribution in [2.75, 3.05) is 6.54 Å². The second-order valence-electron chi connectivity index (χ2n) is 9.25. The van der Waals surface area contributed by atoms with Crippen LogP contribution in [0.15, 0.2) is 4.99 Å². The number of guanidine groups is 1. The van der Waals surface area contributed by atoms with Crippen molar-refractivity contribution < 1.29 is 24.7 Å². The Morgan fingerprint density at radius 3 is 2.26 bits per heavy atom. The summed E-state index contributed by atoms with van der Waals surface area (Å²) < 4.78 is 0. The van der Waals surface area contributed by atoms with Crippen molar-refractivity contribution in [3.05, 3.63) is 10.1 Å². The van der Waals surface area contributed by atoms with Crippen LogP contribution in [0.5, 0.6) is 0 Å². The summed E-state index contributed by atoms with van der Waals surface area (Å²) in [5, 5.41) is 31.5. The van der Waals surface area contributed by atoms with Gasteiger partial charge in [0, 0.05) is 25.3 Å². The summed E-state index contributed by atoms with van der Waals surface area (Å²) in [5.41, 5.74) is 7.14. The molecule has 0 spiro atoms. The molecule has 0 saturated carbocycles. The number of nitro groups is 1. The van der Waals surface area contributed by atoms with E-state index in [1.165, 1.54) is 25.7 Å². The van der Waals surface area contributed by atoms with Gasteiger partial charge in [-0.05, 0) is 31.6 Å². The van der Waals surface area contributed by atoms with Crippen LogP contribution in [0.2, 0.25) is 0 Å². The van der Waals surface area contributed by atoms with Gasteiger partial charge in [-0.15, -0.1) is 0 Å². The molecule has 0 saturated heterocycles. The maximum atomic E-state index is 12.9. The Morgan fingerprint density at radius 1 is 1.09 bits per heavy atom. The zero-order chi connectivity index (χ0) is 25.9. The highest BCUT2D eigenvalue weighted by Gasteiger charge is 2.29. The zero-order valence-corrected chi connectivity index (χ0v) is 21.0. The molecule has 12 heteroatoms. The van der Waals surface area contributed by atoms with Crippen LogP contribution < -0.4 is 16.5 Å². The van der Waals surface area contributed by atoms with E-state index in [0.29, 0.717) is 25.7 Å². The number of unbranched alkanes of at least 4 members (excludes halogenated alkanes) is 6. The summed E-state index contributed by atoms with van der Waals surface area (Å²) in [7, 11) is -1.70. The number of Topliss-reactive ketones (excluding diaryl/α,β-unsaturated/α-hetero) is 1. The first kappa shape index (κ1) is 31.8. The number of aliphatic imine (C=N–C) groups is 1. The maximum absolute atomic E-state index is 12.9. The Balaban J connectivity index is 4.86. The maximum Gasteiger partial charge on any atom is 0.475 e. The fourth-order valence-corrected chi connectivity index (χ4v) is 3.71. The third kappa shape index (κ3) is 17.3. The van der Waals surface area contributed by atoms with Gasteiger partial charge in [0.05, 0.1) is 5.94 Å². The Morgan fingerprint density at radius 2 is 1.71 bits per heavy atom. The van der Waals surface area contributed by atoms with E-state index < -0.39 is 29.9 Å². The van der Waals surface area contributed by atoms with Crippen LogP contribution in [-0.4, -0.2) is 52.3 Å². The van der Waals surface area contributed by atoms with Crippen LogP contribution in [0.25, 0.3) is 0 Å².